The molecule has 1 aliphatic rings. The summed E-state index contributed by atoms with van der Waals surface area (Å²) < 4.78 is 5.53. The van der Waals surface area contributed by atoms with E-state index in [1.54, 1.807) is 0 Å². The molecule has 1 aromatic rings. The molecule has 0 heterocycles. The van der Waals surface area contributed by atoms with Crippen LogP contribution < -0.4 is 5.32 Å². The van der Waals surface area contributed by atoms with E-state index in [-0.39, 0.29) is 5.54 Å². The molecule has 1 unspecified atom stereocenters. The zero-order chi connectivity index (χ0) is 14.6. The Balaban J connectivity index is 1.62. The van der Waals surface area contributed by atoms with Crippen LogP contribution in [0.4, 0.5) is 0 Å². The van der Waals surface area contributed by atoms with Gasteiger partial charge in [0.2, 0.25) is 0 Å². The average Bonchev–Trinajstić information content (AvgIpc) is 3.24. The average molecular weight is 298 g/mol. The predicted molar refractivity (Wildman–Crippen MR) is 81.9 cm³/mol. The van der Waals surface area contributed by atoms with E-state index in [0.717, 1.165) is 16.5 Å². The molecule has 0 aliphatic heterocycles. The van der Waals surface area contributed by atoms with Crippen LogP contribution in [0.5, 0.6) is 0 Å². The number of nitrogens with one attached hydrogen (secondary N) is 1. The van der Waals surface area contributed by atoms with Gasteiger partial charge >= 0.3 is 0 Å². The highest BCUT2D eigenvalue weighted by atomic mass is 35.5. The second-order valence-electron chi connectivity index (χ2n) is 6.17. The number of hydrogen-bond acceptors (Lipinski definition) is 3. The van der Waals surface area contributed by atoms with E-state index in [0.29, 0.717) is 19.8 Å². The number of halogens is 1. The van der Waals surface area contributed by atoms with E-state index in [1.165, 1.54) is 12.8 Å². The van der Waals surface area contributed by atoms with Crippen LogP contribution in [-0.2, 0) is 11.3 Å². The molecule has 1 aliphatic carbocycles. The minimum Gasteiger partial charge on any atom is -0.389 e. The third kappa shape index (κ3) is 5.06. The summed E-state index contributed by atoms with van der Waals surface area (Å²) in [7, 11) is 0. The number of rotatable bonds is 8. The summed E-state index contributed by atoms with van der Waals surface area (Å²) in [6.07, 6.45) is 2.12. The van der Waals surface area contributed by atoms with E-state index in [2.05, 4.69) is 19.2 Å². The molecule has 3 nitrogen and oxygen atoms in total. The minimum atomic E-state index is -0.472. The smallest absolute Gasteiger partial charge is 0.0898 e. The summed E-state index contributed by atoms with van der Waals surface area (Å²) in [5.74, 6) is 0.754. The first-order valence-corrected chi connectivity index (χ1v) is 7.60. The zero-order valence-corrected chi connectivity index (χ0v) is 13.0. The molecule has 0 spiro atoms. The fourth-order valence-corrected chi connectivity index (χ4v) is 2.41. The molecule has 1 aromatic carbocycles. The van der Waals surface area contributed by atoms with Gasteiger partial charge in [0.05, 0.1) is 19.3 Å². The van der Waals surface area contributed by atoms with Crippen LogP contribution in [0.15, 0.2) is 24.3 Å². The first-order chi connectivity index (χ1) is 9.47. The van der Waals surface area contributed by atoms with Crippen molar-refractivity contribution in [2.24, 2.45) is 5.92 Å². The lowest BCUT2D eigenvalue weighted by Crippen LogP contribution is -2.46. The van der Waals surface area contributed by atoms with Gasteiger partial charge in [-0.2, -0.15) is 0 Å². The van der Waals surface area contributed by atoms with E-state index >= 15 is 0 Å². The van der Waals surface area contributed by atoms with Gasteiger partial charge in [-0.3, -0.25) is 0 Å². The molecule has 1 atom stereocenters. The fourth-order valence-electron chi connectivity index (χ4n) is 2.28. The van der Waals surface area contributed by atoms with Gasteiger partial charge in [0.25, 0.3) is 0 Å². The second-order valence-corrected chi connectivity index (χ2v) is 6.61. The highest BCUT2D eigenvalue weighted by Gasteiger charge is 2.37. The molecule has 0 saturated heterocycles. The molecule has 112 valence electrons. The van der Waals surface area contributed by atoms with Gasteiger partial charge in [-0.05, 0) is 50.3 Å². The lowest BCUT2D eigenvalue weighted by molar-refractivity contribution is 0.0250. The van der Waals surface area contributed by atoms with Crippen molar-refractivity contribution < 1.29 is 9.84 Å². The van der Waals surface area contributed by atoms with Gasteiger partial charge in [0.1, 0.15) is 0 Å². The summed E-state index contributed by atoms with van der Waals surface area (Å²) in [4.78, 5) is 0. The maximum Gasteiger partial charge on any atom is 0.0898 e. The van der Waals surface area contributed by atoms with Crippen molar-refractivity contribution >= 4 is 11.6 Å². The zero-order valence-electron chi connectivity index (χ0n) is 12.2. The summed E-state index contributed by atoms with van der Waals surface area (Å²) in [5.41, 5.74) is 1.19. The maximum atomic E-state index is 9.93. The highest BCUT2D eigenvalue weighted by Crippen LogP contribution is 2.39. The van der Waals surface area contributed by atoms with Gasteiger partial charge in [-0.25, -0.2) is 0 Å². The molecule has 2 rings (SSSR count). The normalized spacial score (nSPS) is 17.2. The molecule has 0 radical (unpaired) electrons. The molecule has 1 saturated carbocycles. The number of β-amino-alcohol motifs (C(OH)–C–C–N with tert-alkyl or cyclic N) is 1. The monoisotopic (exact) mass is 297 g/mol. The van der Waals surface area contributed by atoms with Crippen LogP contribution in [0.2, 0.25) is 5.02 Å². The number of ether oxygens (including phenoxy) is 1. The lowest BCUT2D eigenvalue weighted by atomic mass is 9.98. The third-order valence-corrected chi connectivity index (χ3v) is 4.14. The van der Waals surface area contributed by atoms with Crippen LogP contribution in [0.25, 0.3) is 0 Å². The first kappa shape index (κ1) is 15.8. The minimum absolute atomic E-state index is 0.122. The van der Waals surface area contributed by atoms with Crippen LogP contribution >= 0.6 is 11.6 Å². The molecule has 4 heteroatoms. The molecule has 0 aromatic heterocycles. The lowest BCUT2D eigenvalue weighted by Gasteiger charge is -2.27. The molecule has 1 fully saturated rings. The number of aliphatic hydroxyl groups is 1. The number of hydrogen-bond donors (Lipinski definition) is 2. The Morgan fingerprint density at radius 2 is 2.00 bits per heavy atom. The van der Waals surface area contributed by atoms with E-state index in [9.17, 15) is 5.11 Å². The van der Waals surface area contributed by atoms with E-state index < -0.39 is 6.10 Å². The molecule has 2 N–H and O–H groups in total. The predicted octanol–water partition coefficient (Wildman–Crippen LogP) is 3.00. The quantitative estimate of drug-likeness (QED) is 0.775. The van der Waals surface area contributed by atoms with Crippen LogP contribution in [-0.4, -0.2) is 29.9 Å². The Morgan fingerprint density at radius 1 is 1.35 bits per heavy atom. The Kier molecular flexibility index (Phi) is 5.44. The molecule has 0 bridgehead atoms. The maximum absolute atomic E-state index is 9.93. The Morgan fingerprint density at radius 3 is 2.60 bits per heavy atom. The third-order valence-electron chi connectivity index (χ3n) is 3.88. The standard InChI is InChI=1S/C16H24ClNO2/c1-16(2,13-5-6-13)18-9-15(19)11-20-10-12-3-7-14(17)8-4-12/h3-4,7-8,13,15,18-19H,5-6,9-11H2,1-2H3. The fraction of sp³-hybridized carbons (Fsp3) is 0.625. The Bertz CT molecular complexity index is 415. The van der Waals surface area contributed by atoms with Crippen LogP contribution in [0.1, 0.15) is 32.3 Å². The summed E-state index contributed by atoms with van der Waals surface area (Å²) in [6.45, 7) is 5.82. The number of benzene rings is 1. The summed E-state index contributed by atoms with van der Waals surface area (Å²) in [5, 5.41) is 14.1. The van der Waals surface area contributed by atoms with E-state index in [1.807, 2.05) is 24.3 Å². The van der Waals surface area contributed by atoms with Crippen LogP contribution in [0.3, 0.4) is 0 Å². The molecular formula is C16H24ClNO2. The largest absolute Gasteiger partial charge is 0.389 e. The molecule has 0 amide bonds. The van der Waals surface area contributed by atoms with Gasteiger partial charge in [0, 0.05) is 17.1 Å². The van der Waals surface area contributed by atoms with Crippen molar-refractivity contribution in [3.8, 4) is 0 Å². The van der Waals surface area contributed by atoms with Gasteiger partial charge in [-0.15, -0.1) is 0 Å². The van der Waals surface area contributed by atoms with Crippen molar-refractivity contribution in [3.05, 3.63) is 34.9 Å². The SMILES string of the molecule is CC(C)(NCC(O)COCc1ccc(Cl)cc1)C1CC1. The summed E-state index contributed by atoms with van der Waals surface area (Å²) in [6, 6.07) is 7.55. The van der Waals surface area contributed by atoms with Gasteiger partial charge in [-0.1, -0.05) is 23.7 Å². The second kappa shape index (κ2) is 6.90. The summed E-state index contributed by atoms with van der Waals surface area (Å²) >= 11 is 5.82. The van der Waals surface area contributed by atoms with Gasteiger partial charge < -0.3 is 15.2 Å². The number of aliphatic hydroxyl groups excluding tert-OH is 1. The van der Waals surface area contributed by atoms with Crippen LogP contribution in [0, 0.1) is 5.92 Å². The van der Waals surface area contributed by atoms with Crippen molar-refractivity contribution in [3.63, 3.8) is 0 Å². The highest BCUT2D eigenvalue weighted by molar-refractivity contribution is 6.30. The first-order valence-electron chi connectivity index (χ1n) is 7.22. The molecule has 20 heavy (non-hydrogen) atoms. The Labute approximate surface area is 126 Å². The van der Waals surface area contributed by atoms with Crippen molar-refractivity contribution in [1.82, 2.24) is 5.32 Å². The van der Waals surface area contributed by atoms with Gasteiger partial charge in [0.15, 0.2) is 0 Å². The van der Waals surface area contributed by atoms with E-state index in [4.69, 9.17) is 16.3 Å². The molecular weight excluding hydrogens is 274 g/mol. The van der Waals surface area contributed by atoms with Crippen molar-refractivity contribution in [2.75, 3.05) is 13.2 Å². The Hall–Kier alpha value is -0.610. The van der Waals surface area contributed by atoms with Crippen molar-refractivity contribution in [2.45, 2.75) is 44.9 Å². The van der Waals surface area contributed by atoms with Crippen molar-refractivity contribution in [1.29, 1.82) is 0 Å². The topological polar surface area (TPSA) is 41.5 Å².